The number of aliphatic carboxylic acids is 1. The number of carbonyl (C=O) groups excluding carboxylic acids is 2. The number of primary amides is 1. The first-order valence-corrected chi connectivity index (χ1v) is 5.07. The molecular weight excluding hydrogens is 212 g/mol. The Morgan fingerprint density at radius 2 is 2.12 bits per heavy atom. The third-order valence-corrected chi connectivity index (χ3v) is 1.94. The van der Waals surface area contributed by atoms with Crippen molar-refractivity contribution in [3.05, 3.63) is 0 Å². The molecule has 0 fully saturated rings. The van der Waals surface area contributed by atoms with Gasteiger partial charge in [0.05, 0.1) is 6.42 Å². The van der Waals surface area contributed by atoms with Gasteiger partial charge in [0.25, 0.3) is 0 Å². The zero-order valence-corrected chi connectivity index (χ0v) is 9.07. The molecule has 0 bridgehead atoms. The Balaban J connectivity index is 3.96. The molecule has 6 heteroatoms. The second-order valence-corrected chi connectivity index (χ2v) is 3.44. The summed E-state index contributed by atoms with van der Waals surface area (Å²) >= 11 is 0. The first-order chi connectivity index (χ1) is 7.97. The third kappa shape index (κ3) is 6.80. The lowest BCUT2D eigenvalue weighted by Crippen LogP contribution is -2.43. The monoisotopic (exact) mass is 231 g/mol. The highest BCUT2D eigenvalue weighted by atomic mass is 16.4. The molecular formula is C10H18N2O4. The van der Waals surface area contributed by atoms with Crippen molar-refractivity contribution >= 4 is 17.8 Å². The largest absolute Gasteiger partial charge is 0.480 e. The lowest BCUT2D eigenvalue weighted by Gasteiger charge is -2.12. The van der Waals surface area contributed by atoms with E-state index in [0.717, 1.165) is 12.8 Å². The molecule has 0 aliphatic rings. The molecule has 4 N–H and O–H groups in total. The highest BCUT2D eigenvalue weighted by Crippen LogP contribution is 2.00. The molecule has 2 amide bonds. The van der Waals surface area contributed by atoms with Crippen LogP contribution in [-0.4, -0.2) is 28.9 Å². The molecule has 0 saturated carbocycles. The Morgan fingerprint density at radius 1 is 1.44 bits per heavy atom. The predicted octanol–water partition coefficient (Wildman–Crippen LogP) is 0.0115. The highest BCUT2D eigenvalue weighted by molar-refractivity contribution is 5.88. The van der Waals surface area contributed by atoms with Crippen LogP contribution in [0.15, 0.2) is 0 Å². The van der Waals surface area contributed by atoms with Gasteiger partial charge in [-0.25, -0.2) is 4.79 Å². The Kier molecular flexibility index (Phi) is 5.98. The molecule has 0 aliphatic heterocycles. The minimum Gasteiger partial charge on any atom is -0.480 e. The summed E-state index contributed by atoms with van der Waals surface area (Å²) in [6.07, 6.45) is 1.87. The van der Waals surface area contributed by atoms with Crippen LogP contribution in [0.4, 0.5) is 0 Å². The van der Waals surface area contributed by atoms with Crippen LogP contribution in [-0.2, 0) is 14.4 Å². The van der Waals surface area contributed by atoms with Gasteiger partial charge in [-0.2, -0.15) is 0 Å². The van der Waals surface area contributed by atoms with Gasteiger partial charge in [0.15, 0.2) is 0 Å². The third-order valence-electron chi connectivity index (χ3n) is 1.94. The van der Waals surface area contributed by atoms with Crippen LogP contribution in [0.25, 0.3) is 0 Å². The van der Waals surface area contributed by atoms with Crippen LogP contribution in [0.3, 0.4) is 0 Å². The number of amides is 2. The summed E-state index contributed by atoms with van der Waals surface area (Å²) in [6, 6.07) is -1.25. The lowest BCUT2D eigenvalue weighted by molar-refractivity contribution is -0.143. The fraction of sp³-hybridized carbons (Fsp3) is 0.700. The van der Waals surface area contributed by atoms with Gasteiger partial charge < -0.3 is 16.2 Å². The number of hydrogen-bond donors (Lipinski definition) is 3. The quantitative estimate of drug-likeness (QED) is 0.511. The summed E-state index contributed by atoms with van der Waals surface area (Å²) in [5, 5.41) is 11.0. The van der Waals surface area contributed by atoms with Crippen molar-refractivity contribution in [2.24, 2.45) is 5.73 Å². The number of carbonyl (C=O) groups is 3. The summed E-state index contributed by atoms with van der Waals surface area (Å²) in [5.41, 5.74) is 4.87. The minimum absolute atomic E-state index is 0.197. The van der Waals surface area contributed by atoms with E-state index in [0.29, 0.717) is 13.3 Å². The van der Waals surface area contributed by atoms with Crippen molar-refractivity contribution in [3.8, 4) is 0 Å². The number of rotatable bonds is 8. The highest BCUT2D eigenvalue weighted by Gasteiger charge is 2.21. The van der Waals surface area contributed by atoms with Crippen molar-refractivity contribution in [1.82, 2.24) is 5.32 Å². The van der Waals surface area contributed by atoms with Gasteiger partial charge in [-0.3, -0.25) is 9.59 Å². The van der Waals surface area contributed by atoms with E-state index in [1.165, 1.54) is 0 Å². The van der Waals surface area contributed by atoms with Crippen molar-refractivity contribution in [3.63, 3.8) is 0 Å². The minimum atomic E-state index is -1.27. The van der Waals surface area contributed by atoms with Crippen LogP contribution < -0.4 is 11.1 Å². The Morgan fingerprint density at radius 3 is 2.62 bits per heavy atom. The molecule has 1 atom stereocenters. The van der Waals surface area contributed by atoms with Crippen molar-refractivity contribution < 1.29 is 20.9 Å². The molecule has 0 unspecified atom stereocenters. The molecule has 0 saturated heterocycles. The number of carboxylic acid groups (broad SMARTS) is 1. The molecule has 0 radical (unpaired) electrons. The number of nitrogens with one attached hydrogen (secondary N) is 1. The van der Waals surface area contributed by atoms with Crippen molar-refractivity contribution in [2.45, 2.75) is 45.0 Å². The summed E-state index contributed by atoms with van der Waals surface area (Å²) in [6.45, 7) is 0.320. The molecule has 0 aromatic heterocycles. The zero-order chi connectivity index (χ0) is 13.3. The molecule has 0 aromatic rings. The second kappa shape index (κ2) is 7.67. The van der Waals surface area contributed by atoms with Crippen LogP contribution in [0.1, 0.15) is 40.4 Å². The fourth-order valence-electron chi connectivity index (χ4n) is 1.13. The van der Waals surface area contributed by atoms with Gasteiger partial charge in [-0.15, -0.1) is 0 Å². The van der Waals surface area contributed by atoms with E-state index in [1.54, 1.807) is 0 Å². The van der Waals surface area contributed by atoms with E-state index in [1.807, 2.05) is 0 Å². The van der Waals surface area contributed by atoms with E-state index in [9.17, 15) is 14.4 Å². The zero-order valence-electron chi connectivity index (χ0n) is 10.1. The van der Waals surface area contributed by atoms with Crippen molar-refractivity contribution in [1.29, 1.82) is 0 Å². The Bertz CT molecular complexity index is 283. The first kappa shape index (κ1) is 12.5. The van der Waals surface area contributed by atoms with Gasteiger partial charge in [0.2, 0.25) is 11.8 Å². The van der Waals surface area contributed by atoms with E-state index in [2.05, 4.69) is 5.32 Å². The molecule has 92 valence electrons. The molecule has 0 heterocycles. The number of unbranched alkanes of at least 4 members (excludes halogenated alkanes) is 2. The molecule has 0 spiro atoms. The SMILES string of the molecule is [2H]CCCCCC(=O)N[C@@H](CC(N)=O)C(=O)O. The molecule has 0 aromatic carbocycles. The van der Waals surface area contributed by atoms with E-state index in [4.69, 9.17) is 12.2 Å². The van der Waals surface area contributed by atoms with Crippen LogP contribution in [0.2, 0.25) is 0 Å². The smallest absolute Gasteiger partial charge is 0.326 e. The maximum atomic E-state index is 11.3. The van der Waals surface area contributed by atoms with Crippen LogP contribution in [0.5, 0.6) is 0 Å². The normalized spacial score (nSPS) is 12.6. The van der Waals surface area contributed by atoms with Gasteiger partial charge in [-0.05, 0) is 6.42 Å². The molecule has 16 heavy (non-hydrogen) atoms. The van der Waals surface area contributed by atoms with Crippen LogP contribution in [0, 0.1) is 0 Å². The van der Waals surface area contributed by atoms with Gasteiger partial charge in [0.1, 0.15) is 6.04 Å². The van der Waals surface area contributed by atoms with E-state index < -0.39 is 30.2 Å². The second-order valence-electron chi connectivity index (χ2n) is 3.44. The first-order valence-electron chi connectivity index (χ1n) is 5.77. The topological polar surface area (TPSA) is 109 Å². The van der Waals surface area contributed by atoms with E-state index in [-0.39, 0.29) is 6.42 Å². The standard InChI is InChI=1S/C10H18N2O4/c1-2-3-4-5-9(14)12-7(10(15)16)6-8(11)13/h7H,2-6H2,1H3,(H2,11,13)(H,12,14)(H,15,16)/t7-/m0/s1/i1D. The molecule has 0 aliphatic carbocycles. The summed E-state index contributed by atoms with van der Waals surface area (Å²) in [4.78, 5) is 32.6. The molecule has 6 nitrogen and oxygen atoms in total. The Hall–Kier alpha value is -1.59. The average Bonchev–Trinajstić information content (AvgIpc) is 2.22. The maximum absolute atomic E-state index is 11.3. The molecule has 0 rings (SSSR count). The van der Waals surface area contributed by atoms with E-state index >= 15 is 0 Å². The fourth-order valence-corrected chi connectivity index (χ4v) is 1.13. The summed E-state index contributed by atoms with van der Waals surface area (Å²) < 4.78 is 6.91. The Labute approximate surface area is 95.6 Å². The number of nitrogens with two attached hydrogens (primary N) is 1. The maximum Gasteiger partial charge on any atom is 0.326 e. The number of carboxylic acids is 1. The summed E-state index contributed by atoms with van der Waals surface area (Å²) in [5.74, 6) is -2.46. The summed E-state index contributed by atoms with van der Waals surface area (Å²) in [7, 11) is 0. The van der Waals surface area contributed by atoms with Gasteiger partial charge in [-0.1, -0.05) is 19.7 Å². The van der Waals surface area contributed by atoms with Crippen LogP contribution >= 0.6 is 0 Å². The van der Waals surface area contributed by atoms with Gasteiger partial charge >= 0.3 is 5.97 Å². The predicted molar refractivity (Wildman–Crippen MR) is 57.5 cm³/mol. The van der Waals surface area contributed by atoms with Gasteiger partial charge in [0, 0.05) is 7.79 Å². The lowest BCUT2D eigenvalue weighted by atomic mass is 10.1. The average molecular weight is 231 g/mol. The van der Waals surface area contributed by atoms with Crippen molar-refractivity contribution in [2.75, 3.05) is 0 Å². The number of hydrogen-bond acceptors (Lipinski definition) is 3.